The van der Waals surface area contributed by atoms with E-state index < -0.39 is 10.0 Å². The number of piperazine rings is 1. The molecule has 1 aliphatic heterocycles. The summed E-state index contributed by atoms with van der Waals surface area (Å²) in [5.41, 5.74) is 4.84. The lowest BCUT2D eigenvalue weighted by Crippen LogP contribution is -2.48. The summed E-state index contributed by atoms with van der Waals surface area (Å²) in [6.45, 7) is 7.91. The van der Waals surface area contributed by atoms with Crippen molar-refractivity contribution in [1.29, 1.82) is 0 Å². The van der Waals surface area contributed by atoms with Crippen molar-refractivity contribution in [2.75, 3.05) is 37.2 Å². The van der Waals surface area contributed by atoms with Gasteiger partial charge in [-0.2, -0.15) is 4.31 Å². The lowest BCUT2D eigenvalue weighted by atomic mass is 10.1. The highest BCUT2D eigenvalue weighted by atomic mass is 32.2. The molecule has 0 bridgehead atoms. The fourth-order valence-electron chi connectivity index (χ4n) is 5.04. The number of aryl methyl sites for hydroxylation is 1. The molecule has 1 saturated heterocycles. The van der Waals surface area contributed by atoms with Gasteiger partial charge in [-0.1, -0.05) is 30.3 Å². The van der Waals surface area contributed by atoms with Crippen molar-refractivity contribution in [1.82, 2.24) is 13.8 Å². The Morgan fingerprint density at radius 1 is 0.861 bits per heavy atom. The zero-order valence-corrected chi connectivity index (χ0v) is 21.6. The maximum absolute atomic E-state index is 12.9. The van der Waals surface area contributed by atoms with Crippen molar-refractivity contribution in [3.8, 4) is 0 Å². The molecule has 3 aromatic carbocycles. The maximum atomic E-state index is 12.9. The minimum absolute atomic E-state index is 0.140. The summed E-state index contributed by atoms with van der Waals surface area (Å²) < 4.78 is 28.0. The molecule has 4 aromatic rings. The highest BCUT2D eigenvalue weighted by Crippen LogP contribution is 2.31. The van der Waals surface area contributed by atoms with Crippen LogP contribution in [0, 0.1) is 0 Å². The molecule has 1 N–H and O–H groups in total. The second kappa shape index (κ2) is 10.0. The number of nitrogens with one attached hydrogen (secondary N) is 1. The van der Waals surface area contributed by atoms with Gasteiger partial charge >= 0.3 is 0 Å². The number of carbonyl (C=O) groups excluding carboxylic acids is 1. The smallest absolute Gasteiger partial charge is 0.255 e. The molecule has 7 nitrogen and oxygen atoms in total. The molecule has 1 amide bonds. The van der Waals surface area contributed by atoms with Crippen LogP contribution in [0.4, 0.5) is 5.69 Å². The number of fused-ring (bicyclic) bond motifs is 3. The third-order valence-electron chi connectivity index (χ3n) is 7.06. The molecular formula is C28H32N4O3S. The third kappa shape index (κ3) is 4.76. The first-order valence-electron chi connectivity index (χ1n) is 12.5. The van der Waals surface area contributed by atoms with E-state index in [1.807, 2.05) is 36.4 Å². The van der Waals surface area contributed by atoms with Crippen LogP contribution >= 0.6 is 0 Å². The van der Waals surface area contributed by atoms with E-state index in [-0.39, 0.29) is 11.7 Å². The van der Waals surface area contributed by atoms with Crippen LogP contribution in [0.25, 0.3) is 21.8 Å². The Labute approximate surface area is 212 Å². The van der Waals surface area contributed by atoms with Crippen molar-refractivity contribution >= 4 is 43.4 Å². The lowest BCUT2D eigenvalue weighted by molar-refractivity contribution is 0.102. The SMILES string of the molecule is CCn1c2ccccc2c2cc(NC(=O)c3ccc(CN4CCN(S(=O)(=O)CC)CC4)cc3)ccc21. The molecule has 0 spiro atoms. The standard InChI is InChI=1S/C28H32N4O3S/c1-3-32-26-8-6-5-7-24(26)25-19-23(13-14-27(25)32)29-28(33)22-11-9-21(10-12-22)20-30-15-17-31(18-16-30)36(34,35)4-2/h5-14,19H,3-4,15-18,20H2,1-2H3,(H,29,33). The van der Waals surface area contributed by atoms with Gasteiger partial charge in [-0.05, 0) is 55.8 Å². The van der Waals surface area contributed by atoms with Gasteiger partial charge in [-0.25, -0.2) is 8.42 Å². The van der Waals surface area contributed by atoms with E-state index in [1.165, 1.54) is 10.9 Å². The number of anilines is 1. The molecule has 0 saturated carbocycles. The number of nitrogens with zero attached hydrogens (tertiary/aromatic N) is 3. The predicted octanol–water partition coefficient (Wildman–Crippen LogP) is 4.53. The van der Waals surface area contributed by atoms with Gasteiger partial charge in [-0.15, -0.1) is 0 Å². The zero-order chi connectivity index (χ0) is 25.3. The Kier molecular flexibility index (Phi) is 6.83. The summed E-state index contributed by atoms with van der Waals surface area (Å²) in [6.07, 6.45) is 0. The first-order valence-corrected chi connectivity index (χ1v) is 14.1. The van der Waals surface area contributed by atoms with E-state index in [0.717, 1.165) is 35.2 Å². The van der Waals surface area contributed by atoms with Crippen LogP contribution in [0.15, 0.2) is 66.7 Å². The summed E-state index contributed by atoms with van der Waals surface area (Å²) in [6, 6.07) is 22.1. The molecule has 0 aliphatic carbocycles. The van der Waals surface area contributed by atoms with Crippen LogP contribution in [-0.2, 0) is 23.1 Å². The van der Waals surface area contributed by atoms with Crippen molar-refractivity contribution in [2.24, 2.45) is 0 Å². The maximum Gasteiger partial charge on any atom is 0.255 e. The molecular weight excluding hydrogens is 472 g/mol. The number of para-hydroxylation sites is 1. The predicted molar refractivity (Wildman–Crippen MR) is 146 cm³/mol. The van der Waals surface area contributed by atoms with Gasteiger partial charge in [0.2, 0.25) is 10.0 Å². The summed E-state index contributed by atoms with van der Waals surface area (Å²) in [7, 11) is -3.12. The van der Waals surface area contributed by atoms with Gasteiger partial charge < -0.3 is 9.88 Å². The van der Waals surface area contributed by atoms with E-state index in [2.05, 4.69) is 52.0 Å². The number of hydrogen-bond donors (Lipinski definition) is 1. The van der Waals surface area contributed by atoms with Crippen LogP contribution in [0.2, 0.25) is 0 Å². The average molecular weight is 505 g/mol. The lowest BCUT2D eigenvalue weighted by Gasteiger charge is -2.33. The molecule has 0 atom stereocenters. The minimum Gasteiger partial charge on any atom is -0.341 e. The van der Waals surface area contributed by atoms with Gasteiger partial charge in [-0.3, -0.25) is 9.69 Å². The van der Waals surface area contributed by atoms with Crippen molar-refractivity contribution in [2.45, 2.75) is 26.9 Å². The van der Waals surface area contributed by atoms with E-state index in [4.69, 9.17) is 0 Å². The molecule has 1 aliphatic rings. The molecule has 8 heteroatoms. The van der Waals surface area contributed by atoms with E-state index in [9.17, 15) is 13.2 Å². The van der Waals surface area contributed by atoms with E-state index in [1.54, 1.807) is 11.2 Å². The fraction of sp³-hybridized carbons (Fsp3) is 0.321. The highest BCUT2D eigenvalue weighted by molar-refractivity contribution is 7.89. The Morgan fingerprint density at radius 3 is 2.25 bits per heavy atom. The largest absolute Gasteiger partial charge is 0.341 e. The first kappa shape index (κ1) is 24.5. The van der Waals surface area contributed by atoms with Crippen LogP contribution in [0.5, 0.6) is 0 Å². The molecule has 5 rings (SSSR count). The number of amides is 1. The van der Waals surface area contributed by atoms with E-state index >= 15 is 0 Å². The second-order valence-corrected chi connectivity index (χ2v) is 11.5. The Balaban J connectivity index is 1.24. The monoisotopic (exact) mass is 504 g/mol. The number of carbonyl (C=O) groups is 1. The number of benzene rings is 3. The Bertz CT molecular complexity index is 1500. The van der Waals surface area contributed by atoms with Gasteiger partial charge in [0.1, 0.15) is 0 Å². The Morgan fingerprint density at radius 2 is 1.56 bits per heavy atom. The van der Waals surface area contributed by atoms with Gasteiger partial charge in [0.05, 0.1) is 5.75 Å². The van der Waals surface area contributed by atoms with Crippen LogP contribution in [-0.4, -0.2) is 60.0 Å². The summed E-state index contributed by atoms with van der Waals surface area (Å²) >= 11 is 0. The molecule has 1 fully saturated rings. The summed E-state index contributed by atoms with van der Waals surface area (Å²) in [5.74, 6) is 0.00503. The number of rotatable bonds is 7. The highest BCUT2D eigenvalue weighted by Gasteiger charge is 2.25. The van der Waals surface area contributed by atoms with Gasteiger partial charge in [0.25, 0.3) is 5.91 Å². The molecule has 36 heavy (non-hydrogen) atoms. The number of aromatic nitrogens is 1. The van der Waals surface area contributed by atoms with Crippen LogP contribution in [0.1, 0.15) is 29.8 Å². The van der Waals surface area contributed by atoms with Crippen molar-refractivity contribution in [3.05, 3.63) is 77.9 Å². The third-order valence-corrected chi connectivity index (χ3v) is 8.94. The van der Waals surface area contributed by atoms with Crippen molar-refractivity contribution < 1.29 is 13.2 Å². The summed E-state index contributed by atoms with van der Waals surface area (Å²) in [4.78, 5) is 15.2. The molecule has 188 valence electrons. The molecule has 1 aromatic heterocycles. The molecule has 0 unspecified atom stereocenters. The fourth-order valence-corrected chi connectivity index (χ4v) is 6.13. The number of hydrogen-bond acceptors (Lipinski definition) is 4. The van der Waals surface area contributed by atoms with Crippen LogP contribution < -0.4 is 5.32 Å². The average Bonchev–Trinajstić information content (AvgIpc) is 3.22. The molecule has 2 heterocycles. The van der Waals surface area contributed by atoms with E-state index in [0.29, 0.717) is 31.7 Å². The minimum atomic E-state index is -3.12. The first-order chi connectivity index (χ1) is 17.4. The van der Waals surface area contributed by atoms with Crippen LogP contribution in [0.3, 0.4) is 0 Å². The zero-order valence-electron chi connectivity index (χ0n) is 20.8. The number of sulfonamides is 1. The Hall–Kier alpha value is -3.20. The normalized spacial score (nSPS) is 15.5. The topological polar surface area (TPSA) is 74.7 Å². The second-order valence-electron chi connectivity index (χ2n) is 9.22. The van der Waals surface area contributed by atoms with Crippen molar-refractivity contribution in [3.63, 3.8) is 0 Å². The van der Waals surface area contributed by atoms with Gasteiger partial charge in [0.15, 0.2) is 0 Å². The summed E-state index contributed by atoms with van der Waals surface area (Å²) in [5, 5.41) is 5.36. The quantitative estimate of drug-likeness (QED) is 0.401. The molecule has 0 radical (unpaired) electrons. The van der Waals surface area contributed by atoms with Gasteiger partial charge in [0, 0.05) is 72.3 Å².